The maximum Gasteiger partial charge on any atom is 0.351 e. The number of anilines is 1. The van der Waals surface area contributed by atoms with Crippen molar-refractivity contribution in [2.75, 3.05) is 5.32 Å². The molecule has 1 amide bonds. The maximum absolute atomic E-state index is 12.2. The first-order chi connectivity index (χ1) is 11.5. The van der Waals surface area contributed by atoms with E-state index < -0.39 is 5.69 Å². The van der Waals surface area contributed by atoms with Gasteiger partial charge in [0.1, 0.15) is 12.0 Å². The van der Waals surface area contributed by atoms with Gasteiger partial charge in [-0.1, -0.05) is 32.0 Å². The molecular formula is C18H21N3O3. The Morgan fingerprint density at radius 1 is 1.25 bits per heavy atom. The molecule has 2 aromatic rings. The summed E-state index contributed by atoms with van der Waals surface area (Å²) in [4.78, 5) is 28.3. The Labute approximate surface area is 140 Å². The van der Waals surface area contributed by atoms with Gasteiger partial charge >= 0.3 is 5.69 Å². The van der Waals surface area contributed by atoms with E-state index >= 15 is 0 Å². The molecule has 1 aromatic heterocycles. The summed E-state index contributed by atoms with van der Waals surface area (Å²) < 4.78 is 7.40. The van der Waals surface area contributed by atoms with E-state index in [1.807, 2.05) is 6.07 Å². The second-order valence-corrected chi connectivity index (χ2v) is 6.27. The minimum Gasteiger partial charge on any atom is -0.354 e. The van der Waals surface area contributed by atoms with Gasteiger partial charge in [-0.2, -0.15) is 4.98 Å². The van der Waals surface area contributed by atoms with Crippen molar-refractivity contribution >= 4 is 11.7 Å². The molecule has 2 heterocycles. The monoisotopic (exact) mass is 327 g/mol. The summed E-state index contributed by atoms with van der Waals surface area (Å²) in [5.74, 6) is 0.365. The molecule has 1 saturated heterocycles. The Kier molecular flexibility index (Phi) is 4.76. The van der Waals surface area contributed by atoms with Gasteiger partial charge in [-0.15, -0.1) is 0 Å². The summed E-state index contributed by atoms with van der Waals surface area (Å²) in [7, 11) is 0. The van der Waals surface area contributed by atoms with E-state index in [2.05, 4.69) is 24.1 Å². The summed E-state index contributed by atoms with van der Waals surface area (Å²) in [5.41, 5.74) is 0.0950. The fraction of sp³-hybridized carbons (Fsp3) is 0.389. The lowest BCUT2D eigenvalue weighted by atomic mass is 10.1. The van der Waals surface area contributed by atoms with Gasteiger partial charge in [0.05, 0.1) is 6.10 Å². The number of rotatable bonds is 4. The molecule has 0 aliphatic carbocycles. The van der Waals surface area contributed by atoms with Crippen molar-refractivity contribution in [3.8, 4) is 0 Å². The number of benzene rings is 1. The molecule has 2 unspecified atom stereocenters. The van der Waals surface area contributed by atoms with Crippen LogP contribution < -0.4 is 11.0 Å². The summed E-state index contributed by atoms with van der Waals surface area (Å²) in [6.07, 6.45) is 3.24. The predicted octanol–water partition coefficient (Wildman–Crippen LogP) is 2.83. The highest BCUT2D eigenvalue weighted by atomic mass is 16.5. The normalized spacial score (nSPS) is 20.3. The number of hydrogen-bond acceptors (Lipinski definition) is 4. The first kappa shape index (κ1) is 16.4. The van der Waals surface area contributed by atoms with Gasteiger partial charge < -0.3 is 10.1 Å². The Bertz CT molecular complexity index is 771. The highest BCUT2D eigenvalue weighted by Crippen LogP contribution is 2.30. The topological polar surface area (TPSA) is 73.2 Å². The zero-order valence-electron chi connectivity index (χ0n) is 13.8. The number of amides is 1. The van der Waals surface area contributed by atoms with Crippen LogP contribution in [-0.2, 0) is 4.74 Å². The number of carbonyl (C=O) groups excluding carboxylic acids is 1. The van der Waals surface area contributed by atoms with Crippen molar-refractivity contribution < 1.29 is 9.53 Å². The molecule has 0 bridgehead atoms. The molecule has 6 heteroatoms. The minimum absolute atomic E-state index is 0.166. The third-order valence-corrected chi connectivity index (χ3v) is 4.19. The van der Waals surface area contributed by atoms with Gasteiger partial charge in [-0.05, 0) is 37.0 Å². The van der Waals surface area contributed by atoms with Crippen LogP contribution in [0.4, 0.5) is 5.82 Å². The Morgan fingerprint density at radius 3 is 2.62 bits per heavy atom. The second-order valence-electron chi connectivity index (χ2n) is 6.27. The number of hydrogen-bond donors (Lipinski definition) is 1. The van der Waals surface area contributed by atoms with E-state index in [1.54, 1.807) is 36.5 Å². The highest BCUT2D eigenvalue weighted by Gasteiger charge is 2.29. The van der Waals surface area contributed by atoms with Crippen molar-refractivity contribution in [3.05, 3.63) is 58.6 Å². The standard InChI is InChI=1S/C18H21N3O3/c1-12(2)14-8-9-16(24-14)21-11-10-15(20-18(21)23)19-17(22)13-6-4-3-5-7-13/h3-7,10-12,14,16H,8-9H2,1-2H3,(H,19,20,22,23). The van der Waals surface area contributed by atoms with E-state index in [9.17, 15) is 9.59 Å². The number of aromatic nitrogens is 2. The number of nitrogens with one attached hydrogen (secondary N) is 1. The van der Waals surface area contributed by atoms with E-state index in [-0.39, 0.29) is 24.1 Å². The third kappa shape index (κ3) is 3.54. The predicted molar refractivity (Wildman–Crippen MR) is 90.9 cm³/mol. The van der Waals surface area contributed by atoms with Gasteiger partial charge in [-0.3, -0.25) is 9.36 Å². The molecule has 2 atom stereocenters. The van der Waals surface area contributed by atoms with Crippen LogP contribution in [0.15, 0.2) is 47.4 Å². The molecule has 0 radical (unpaired) electrons. The Hall–Kier alpha value is -2.47. The average molecular weight is 327 g/mol. The molecule has 1 aromatic carbocycles. The zero-order chi connectivity index (χ0) is 17.1. The molecule has 0 saturated carbocycles. The molecule has 1 fully saturated rings. The number of ether oxygens (including phenoxy) is 1. The van der Waals surface area contributed by atoms with E-state index in [0.717, 1.165) is 12.8 Å². The lowest BCUT2D eigenvalue weighted by molar-refractivity contribution is -0.0207. The molecule has 24 heavy (non-hydrogen) atoms. The summed E-state index contributed by atoms with van der Waals surface area (Å²) in [6, 6.07) is 10.4. The van der Waals surface area contributed by atoms with Crippen LogP contribution in [0, 0.1) is 5.92 Å². The van der Waals surface area contributed by atoms with Crippen molar-refractivity contribution in [2.24, 2.45) is 5.92 Å². The first-order valence-electron chi connectivity index (χ1n) is 8.15. The van der Waals surface area contributed by atoms with Crippen molar-refractivity contribution in [1.29, 1.82) is 0 Å². The van der Waals surface area contributed by atoms with E-state index in [4.69, 9.17) is 4.74 Å². The Morgan fingerprint density at radius 2 is 2.00 bits per heavy atom. The molecule has 1 aliphatic heterocycles. The fourth-order valence-corrected chi connectivity index (χ4v) is 2.82. The van der Waals surface area contributed by atoms with Crippen molar-refractivity contribution in [2.45, 2.75) is 39.0 Å². The van der Waals surface area contributed by atoms with Crippen molar-refractivity contribution in [1.82, 2.24) is 9.55 Å². The second kappa shape index (κ2) is 6.97. The lowest BCUT2D eigenvalue weighted by Gasteiger charge is -2.18. The van der Waals surface area contributed by atoms with Gasteiger partial charge in [0.15, 0.2) is 0 Å². The quantitative estimate of drug-likeness (QED) is 0.937. The minimum atomic E-state index is -0.421. The molecule has 0 spiro atoms. The van der Waals surface area contributed by atoms with Gasteiger partial charge in [0, 0.05) is 11.8 Å². The third-order valence-electron chi connectivity index (χ3n) is 4.19. The molecular weight excluding hydrogens is 306 g/mol. The number of carbonyl (C=O) groups is 1. The summed E-state index contributed by atoms with van der Waals surface area (Å²) in [5, 5.41) is 2.64. The first-order valence-corrected chi connectivity index (χ1v) is 8.15. The zero-order valence-corrected chi connectivity index (χ0v) is 13.8. The van der Waals surface area contributed by atoms with Gasteiger partial charge in [0.25, 0.3) is 5.91 Å². The average Bonchev–Trinajstić information content (AvgIpc) is 3.06. The van der Waals surface area contributed by atoms with Crippen LogP contribution in [0.25, 0.3) is 0 Å². The molecule has 1 N–H and O–H groups in total. The SMILES string of the molecule is CC(C)C1CCC(n2ccc(NC(=O)c3ccccc3)nc2=O)O1. The maximum atomic E-state index is 12.2. The number of nitrogens with zero attached hydrogens (tertiary/aromatic N) is 2. The molecule has 126 valence electrons. The van der Waals surface area contributed by atoms with Crippen LogP contribution in [0.2, 0.25) is 0 Å². The lowest BCUT2D eigenvalue weighted by Crippen LogP contribution is -2.28. The largest absolute Gasteiger partial charge is 0.354 e. The highest BCUT2D eigenvalue weighted by molar-refractivity contribution is 6.03. The van der Waals surface area contributed by atoms with Crippen LogP contribution >= 0.6 is 0 Å². The molecule has 1 aliphatic rings. The Balaban J connectivity index is 1.72. The molecule has 3 rings (SSSR count). The summed E-state index contributed by atoms with van der Waals surface area (Å²) in [6.45, 7) is 4.21. The van der Waals surface area contributed by atoms with Crippen LogP contribution in [0.5, 0.6) is 0 Å². The summed E-state index contributed by atoms with van der Waals surface area (Å²) >= 11 is 0. The van der Waals surface area contributed by atoms with Gasteiger partial charge in [-0.25, -0.2) is 4.79 Å². The van der Waals surface area contributed by atoms with Crippen LogP contribution in [-0.4, -0.2) is 21.6 Å². The van der Waals surface area contributed by atoms with Crippen LogP contribution in [0.1, 0.15) is 43.3 Å². The van der Waals surface area contributed by atoms with E-state index in [0.29, 0.717) is 11.5 Å². The van der Waals surface area contributed by atoms with E-state index in [1.165, 1.54) is 4.57 Å². The molecule has 6 nitrogen and oxygen atoms in total. The fourth-order valence-electron chi connectivity index (χ4n) is 2.82. The van der Waals surface area contributed by atoms with Gasteiger partial charge in [0.2, 0.25) is 0 Å². The van der Waals surface area contributed by atoms with Crippen molar-refractivity contribution in [3.63, 3.8) is 0 Å². The van der Waals surface area contributed by atoms with Crippen LogP contribution in [0.3, 0.4) is 0 Å². The smallest absolute Gasteiger partial charge is 0.351 e.